The molecule has 4 aromatic rings. The molecule has 81 heavy (non-hydrogen) atoms. The predicted octanol–water partition coefficient (Wildman–Crippen LogP) is 8.89. The van der Waals surface area contributed by atoms with Crippen molar-refractivity contribution in [2.24, 2.45) is 0 Å². The van der Waals surface area contributed by atoms with Crippen molar-refractivity contribution in [3.8, 4) is 11.5 Å². The molecule has 1 heterocycles. The van der Waals surface area contributed by atoms with Crippen LogP contribution in [0.2, 0.25) is 48.4 Å². The third-order valence-corrected chi connectivity index (χ3v) is 28.3. The Labute approximate surface area is 501 Å². The van der Waals surface area contributed by atoms with Gasteiger partial charge in [-0.2, -0.15) is 0 Å². The summed E-state index contributed by atoms with van der Waals surface area (Å²) in [7, 11) is -10.3. The van der Waals surface area contributed by atoms with Crippen molar-refractivity contribution in [3.63, 3.8) is 0 Å². The normalized spacial score (nSPS) is 13.1. The lowest BCUT2D eigenvalue weighted by molar-refractivity contribution is 0.292. The Morgan fingerprint density at radius 1 is 0.543 bits per heavy atom. The summed E-state index contributed by atoms with van der Waals surface area (Å²) in [6, 6.07) is 34.2. The number of phenolic OH excluding ortho intramolecular Hbond substituents is 2. The maximum absolute atomic E-state index is 12.2. The van der Waals surface area contributed by atoms with Gasteiger partial charge in [-0.1, -0.05) is 121 Å². The van der Waals surface area contributed by atoms with Gasteiger partial charge in [0.05, 0.1) is 25.3 Å². The van der Waals surface area contributed by atoms with Gasteiger partial charge in [0.2, 0.25) is 0 Å². The first-order valence-electron chi connectivity index (χ1n) is 30.0. The number of fused-ring (bicyclic) bond motifs is 1. The molecule has 0 spiro atoms. The molecule has 0 aromatic heterocycles. The lowest BCUT2D eigenvalue weighted by atomic mass is 10.1. The van der Waals surface area contributed by atoms with Crippen LogP contribution in [0.4, 0.5) is 11.4 Å². The SMILES string of the molecule is CCC[SiH2]CCCN(C)CS(=O)(=O)c1ccc(O)cc1.CCC[SiH2]CCCN(CC)CCc1ccc(S(C)(=O)=O)cc1.CCC[SiH2]CCCN1CCc2cc(S(C)(=O)=O)ccc21.CCC[SiH2]CCCNc1cc(S(C)(=O)=O)ccc1O. The highest BCUT2D eigenvalue weighted by Gasteiger charge is 2.21. The van der Waals surface area contributed by atoms with Crippen LogP contribution in [0.15, 0.2) is 105 Å². The fourth-order valence-corrected chi connectivity index (χ4v) is 18.4. The van der Waals surface area contributed by atoms with Crippen molar-refractivity contribution in [1.29, 1.82) is 0 Å². The van der Waals surface area contributed by atoms with E-state index in [1.54, 1.807) is 18.2 Å². The zero-order chi connectivity index (χ0) is 60.3. The minimum absolute atomic E-state index is 0.0348. The van der Waals surface area contributed by atoms with Crippen LogP contribution < -0.4 is 10.2 Å². The molecule has 0 fully saturated rings. The molecule has 0 amide bonds. The van der Waals surface area contributed by atoms with Crippen LogP contribution in [0.25, 0.3) is 0 Å². The van der Waals surface area contributed by atoms with Crippen LogP contribution >= 0.6 is 0 Å². The highest BCUT2D eigenvalue weighted by atomic mass is 32.2. The van der Waals surface area contributed by atoms with E-state index in [1.807, 2.05) is 36.2 Å². The number of hydrogen-bond acceptors (Lipinski definition) is 14. The standard InChI is InChI=1S/C17H31NO2SSi.C15H25NO2SSi.C14H25NO3SSi.C13H23NO3SSi/c1-4-14-22-15-6-12-18(5-2)13-11-16-7-9-17(10-8-16)21(3,19)20;1-3-10-20-11-4-8-16-9-7-13-12-14(19(2,17)18)5-6-15(13)16;1-3-10-20-11-4-9-15(2)12-19(17,18)14-7-5-13(16)6-8-14;1-3-8-19-9-4-7-14-12-10-11(18(2,16)17)5-6-13(12)15/h7-10H,4-6,11-15,22H2,1-3H3;5-6,12H,3-4,7-11,20H2,1-2H3;5-8,16H,3-4,9-12,20H2,1-2H3;5-6,10,14-15H,3-4,7-9,19H2,1-2H3. The van der Waals surface area contributed by atoms with Crippen LogP contribution in [0, 0.1) is 0 Å². The first-order chi connectivity index (χ1) is 38.4. The quantitative estimate of drug-likeness (QED) is 0.0224. The van der Waals surface area contributed by atoms with Gasteiger partial charge in [0.15, 0.2) is 39.3 Å². The van der Waals surface area contributed by atoms with Gasteiger partial charge in [0, 0.05) is 88.7 Å². The Bertz CT molecular complexity index is 2830. The molecule has 0 unspecified atom stereocenters. The molecule has 0 bridgehead atoms. The molecular formula is C59H104N4O10S4Si4. The van der Waals surface area contributed by atoms with E-state index >= 15 is 0 Å². The number of hydrogen-bond donors (Lipinski definition) is 3. The highest BCUT2D eigenvalue weighted by molar-refractivity contribution is 7.91. The average molecular weight is 1270 g/mol. The van der Waals surface area contributed by atoms with E-state index in [-0.39, 0.29) is 65.2 Å². The van der Waals surface area contributed by atoms with Gasteiger partial charge in [-0.3, -0.25) is 4.90 Å². The lowest BCUT2D eigenvalue weighted by Crippen LogP contribution is -2.27. The minimum Gasteiger partial charge on any atom is -0.508 e. The number of nitrogens with one attached hydrogen (secondary N) is 1. The Morgan fingerprint density at radius 2 is 1.02 bits per heavy atom. The summed E-state index contributed by atoms with van der Waals surface area (Å²) in [4.78, 5) is 8.14. The molecule has 0 atom stereocenters. The second-order valence-electron chi connectivity index (χ2n) is 21.8. The highest BCUT2D eigenvalue weighted by Crippen LogP contribution is 2.31. The number of sulfone groups is 4. The number of rotatable bonds is 35. The van der Waals surface area contributed by atoms with Crippen LogP contribution in [-0.4, -0.2) is 169 Å². The molecule has 0 aliphatic carbocycles. The van der Waals surface area contributed by atoms with Crippen molar-refractivity contribution in [1.82, 2.24) is 9.80 Å². The Morgan fingerprint density at radius 3 is 1.56 bits per heavy atom. The minimum atomic E-state index is -3.30. The smallest absolute Gasteiger partial charge is 0.191 e. The van der Waals surface area contributed by atoms with Crippen LogP contribution in [0.1, 0.15) is 97.1 Å². The number of phenols is 2. The molecule has 0 saturated carbocycles. The number of likely N-dealkylation sites (N-methyl/N-ethyl adjacent to an activating group) is 1. The van der Waals surface area contributed by atoms with Crippen molar-refractivity contribution in [2.45, 2.75) is 167 Å². The van der Waals surface area contributed by atoms with Crippen LogP contribution in [0.3, 0.4) is 0 Å². The summed E-state index contributed by atoms with van der Waals surface area (Å²) in [5.41, 5.74) is 4.15. The van der Waals surface area contributed by atoms with Gasteiger partial charge in [-0.15, -0.1) is 0 Å². The molecule has 460 valence electrons. The number of anilines is 2. The Hall–Kier alpha value is -3.33. The second kappa shape index (κ2) is 40.1. The summed E-state index contributed by atoms with van der Waals surface area (Å²) in [5, 5.41) is 22.0. The van der Waals surface area contributed by atoms with Gasteiger partial charge >= 0.3 is 0 Å². The number of aromatic hydroxyl groups is 2. The van der Waals surface area contributed by atoms with Crippen molar-refractivity contribution in [2.75, 3.05) is 87.7 Å². The molecule has 14 nitrogen and oxygen atoms in total. The van der Waals surface area contributed by atoms with Gasteiger partial charge in [0.1, 0.15) is 17.4 Å². The largest absolute Gasteiger partial charge is 0.508 e. The average Bonchev–Trinajstić information content (AvgIpc) is 3.86. The zero-order valence-corrected chi connectivity index (χ0v) is 59.9. The van der Waals surface area contributed by atoms with E-state index in [4.69, 9.17) is 0 Å². The molecular weight excluding hydrogens is 1170 g/mol. The van der Waals surface area contributed by atoms with E-state index in [0.29, 0.717) is 15.5 Å². The Kier molecular flexibility index (Phi) is 36.5. The molecule has 0 saturated heterocycles. The molecule has 1 aliphatic heterocycles. The summed E-state index contributed by atoms with van der Waals surface area (Å²) in [6.07, 6.45) is 15.7. The zero-order valence-electron chi connectivity index (χ0n) is 50.9. The van der Waals surface area contributed by atoms with Crippen LogP contribution in [-0.2, 0) is 52.2 Å². The third kappa shape index (κ3) is 31.4. The first-order valence-corrected chi connectivity index (χ1v) is 45.3. The van der Waals surface area contributed by atoms with E-state index < -0.39 is 39.3 Å². The van der Waals surface area contributed by atoms with Crippen molar-refractivity contribution < 1.29 is 43.9 Å². The van der Waals surface area contributed by atoms with E-state index in [9.17, 15) is 43.9 Å². The van der Waals surface area contributed by atoms with E-state index in [1.165, 1.54) is 171 Å². The van der Waals surface area contributed by atoms with Crippen LogP contribution in [0.5, 0.6) is 11.5 Å². The monoisotopic (exact) mass is 1270 g/mol. The number of benzene rings is 4. The molecule has 5 rings (SSSR count). The summed E-state index contributed by atoms with van der Waals surface area (Å²) < 4.78 is 93.3. The fourth-order valence-electron chi connectivity index (χ4n) is 9.28. The summed E-state index contributed by atoms with van der Waals surface area (Å²) in [6.45, 7) is 18.3. The molecule has 3 N–H and O–H groups in total. The van der Waals surface area contributed by atoms with E-state index in [0.717, 1.165) is 65.0 Å². The maximum atomic E-state index is 12.2. The first kappa shape index (κ1) is 73.8. The molecule has 4 aromatic carbocycles. The fraction of sp³-hybridized carbons (Fsp3) is 0.593. The summed E-state index contributed by atoms with van der Waals surface area (Å²) >= 11 is 0. The molecule has 0 radical (unpaired) electrons. The topological polar surface area (TPSA) is 199 Å². The number of nitrogens with zero attached hydrogens (tertiary/aromatic N) is 3. The molecule has 22 heteroatoms. The van der Waals surface area contributed by atoms with Gasteiger partial charge in [-0.25, -0.2) is 33.7 Å². The summed E-state index contributed by atoms with van der Waals surface area (Å²) in [5.74, 6) is 0.212. The van der Waals surface area contributed by atoms with Gasteiger partial charge in [-0.05, 0) is 149 Å². The predicted molar refractivity (Wildman–Crippen MR) is 356 cm³/mol. The maximum Gasteiger partial charge on any atom is 0.191 e. The van der Waals surface area contributed by atoms with Gasteiger partial charge in [0.25, 0.3) is 0 Å². The van der Waals surface area contributed by atoms with Crippen molar-refractivity contribution >= 4 is 88.8 Å². The molecule has 1 aliphatic rings. The third-order valence-electron chi connectivity index (χ3n) is 14.3. The van der Waals surface area contributed by atoms with Gasteiger partial charge < -0.3 is 25.3 Å². The van der Waals surface area contributed by atoms with Crippen molar-refractivity contribution in [3.05, 3.63) is 96.1 Å². The lowest BCUT2D eigenvalue weighted by Gasteiger charge is -2.20. The van der Waals surface area contributed by atoms with E-state index in [2.05, 4.69) is 49.7 Å². The Balaban J connectivity index is 0.000000369. The second-order valence-corrected chi connectivity index (χ2v) is 38.2.